The summed E-state index contributed by atoms with van der Waals surface area (Å²) in [6.45, 7) is 3.33. The molecule has 3 heteroatoms. The smallest absolute Gasteiger partial charge is 0.143 e. The van der Waals surface area contributed by atoms with Crippen LogP contribution in [0.15, 0.2) is 18.2 Å². The van der Waals surface area contributed by atoms with Crippen molar-refractivity contribution in [3.63, 3.8) is 0 Å². The molecule has 0 atom stereocenters. The van der Waals surface area contributed by atoms with Gasteiger partial charge in [-0.3, -0.25) is 0 Å². The zero-order valence-corrected chi connectivity index (χ0v) is 12.1. The highest BCUT2D eigenvalue weighted by atomic mass is 16.5. The molecule has 0 aromatic heterocycles. The minimum atomic E-state index is 0.715. The Hall–Kier alpha value is -1.38. The van der Waals surface area contributed by atoms with Crippen LogP contribution in [0, 0.1) is 11.8 Å². The molecule has 0 spiro atoms. The van der Waals surface area contributed by atoms with Crippen molar-refractivity contribution in [2.24, 2.45) is 11.8 Å². The number of nitrogens with two attached hydrogens (primary N) is 1. The van der Waals surface area contributed by atoms with Crippen molar-refractivity contribution >= 4 is 11.4 Å². The highest BCUT2D eigenvalue weighted by Gasteiger charge is 2.19. The molecular formula is C16H26N2O. The van der Waals surface area contributed by atoms with Crippen LogP contribution in [0.25, 0.3) is 0 Å². The number of ether oxygens (including phenoxy) is 1. The van der Waals surface area contributed by atoms with Crippen LogP contribution in [0.4, 0.5) is 11.4 Å². The van der Waals surface area contributed by atoms with E-state index in [-0.39, 0.29) is 0 Å². The zero-order chi connectivity index (χ0) is 13.7. The number of hydrogen-bond donors (Lipinski definition) is 2. The van der Waals surface area contributed by atoms with Crippen LogP contribution in [0.5, 0.6) is 5.75 Å². The Labute approximate surface area is 116 Å². The molecule has 0 radical (unpaired) electrons. The van der Waals surface area contributed by atoms with Gasteiger partial charge in [-0.05, 0) is 36.8 Å². The zero-order valence-electron chi connectivity index (χ0n) is 12.1. The van der Waals surface area contributed by atoms with Crippen LogP contribution in [0.3, 0.4) is 0 Å². The summed E-state index contributed by atoms with van der Waals surface area (Å²) in [5, 5.41) is 3.49. The second-order valence-corrected chi connectivity index (χ2v) is 5.60. The summed E-state index contributed by atoms with van der Waals surface area (Å²) in [7, 11) is 1.65. The lowest BCUT2D eigenvalue weighted by molar-refractivity contribution is 0.278. The fraction of sp³-hybridized carbons (Fsp3) is 0.625. The molecule has 0 heterocycles. The lowest BCUT2D eigenvalue weighted by atomic mass is 9.81. The highest BCUT2D eigenvalue weighted by Crippen LogP contribution is 2.32. The number of methoxy groups -OCH3 is 1. The molecule has 0 unspecified atom stereocenters. The van der Waals surface area contributed by atoms with Gasteiger partial charge in [0.05, 0.1) is 18.5 Å². The number of nitrogen functional groups attached to an aromatic ring is 1. The Morgan fingerprint density at radius 1 is 1.21 bits per heavy atom. The van der Waals surface area contributed by atoms with E-state index in [0.717, 1.165) is 29.8 Å². The Balaban J connectivity index is 1.86. The van der Waals surface area contributed by atoms with Gasteiger partial charge in [-0.1, -0.05) is 32.3 Å². The first kappa shape index (κ1) is 14.0. The van der Waals surface area contributed by atoms with E-state index in [1.807, 2.05) is 18.2 Å². The number of hydrogen-bond acceptors (Lipinski definition) is 3. The average Bonchev–Trinajstić information content (AvgIpc) is 2.47. The van der Waals surface area contributed by atoms with Gasteiger partial charge in [0.25, 0.3) is 0 Å². The maximum absolute atomic E-state index is 6.07. The molecule has 1 aliphatic rings. The van der Waals surface area contributed by atoms with Gasteiger partial charge >= 0.3 is 0 Å². The molecule has 3 N–H and O–H groups in total. The number of anilines is 2. The molecule has 0 saturated heterocycles. The number of para-hydroxylation sites is 1. The topological polar surface area (TPSA) is 47.3 Å². The van der Waals surface area contributed by atoms with Crippen molar-refractivity contribution < 1.29 is 4.74 Å². The predicted molar refractivity (Wildman–Crippen MR) is 81.6 cm³/mol. The van der Waals surface area contributed by atoms with Gasteiger partial charge in [-0.25, -0.2) is 0 Å². The van der Waals surface area contributed by atoms with Crippen LogP contribution in [-0.4, -0.2) is 13.7 Å². The van der Waals surface area contributed by atoms with Gasteiger partial charge in [0, 0.05) is 6.54 Å². The monoisotopic (exact) mass is 262 g/mol. The second-order valence-electron chi connectivity index (χ2n) is 5.60. The first-order valence-electron chi connectivity index (χ1n) is 7.41. The van der Waals surface area contributed by atoms with Crippen LogP contribution < -0.4 is 15.8 Å². The third-order valence-electron chi connectivity index (χ3n) is 4.41. The fourth-order valence-corrected chi connectivity index (χ4v) is 2.97. The third kappa shape index (κ3) is 3.55. The Bertz CT molecular complexity index is 398. The Kier molecular flexibility index (Phi) is 4.94. The molecular weight excluding hydrogens is 236 g/mol. The van der Waals surface area contributed by atoms with E-state index in [2.05, 4.69) is 12.2 Å². The number of rotatable bonds is 5. The minimum absolute atomic E-state index is 0.715. The summed E-state index contributed by atoms with van der Waals surface area (Å²) in [5.74, 6) is 2.49. The fourth-order valence-electron chi connectivity index (χ4n) is 2.97. The van der Waals surface area contributed by atoms with Crippen molar-refractivity contribution in [1.29, 1.82) is 0 Å². The molecule has 106 valence electrons. The van der Waals surface area contributed by atoms with E-state index in [0.29, 0.717) is 5.69 Å². The van der Waals surface area contributed by atoms with Crippen molar-refractivity contribution in [3.05, 3.63) is 18.2 Å². The summed E-state index contributed by atoms with van der Waals surface area (Å²) in [5.41, 5.74) is 7.78. The molecule has 0 amide bonds. The van der Waals surface area contributed by atoms with E-state index in [4.69, 9.17) is 10.5 Å². The summed E-state index contributed by atoms with van der Waals surface area (Å²) in [6, 6.07) is 5.90. The van der Waals surface area contributed by atoms with Gasteiger partial charge in [0.2, 0.25) is 0 Å². The summed E-state index contributed by atoms with van der Waals surface area (Å²) < 4.78 is 5.24. The molecule has 1 aliphatic carbocycles. The second kappa shape index (κ2) is 6.69. The van der Waals surface area contributed by atoms with Gasteiger partial charge in [-0.15, -0.1) is 0 Å². The predicted octanol–water partition coefficient (Wildman–Crippen LogP) is 3.91. The minimum Gasteiger partial charge on any atom is -0.495 e. The standard InChI is InChI=1S/C16H26N2O/c1-3-12-7-9-13(10-8-12)11-18-14-5-4-6-15(19-2)16(14)17/h4-6,12-13,18H,3,7-11,17H2,1-2H3. The summed E-state index contributed by atoms with van der Waals surface area (Å²) in [4.78, 5) is 0. The van der Waals surface area contributed by atoms with Crippen LogP contribution in [-0.2, 0) is 0 Å². The lowest BCUT2D eigenvalue weighted by Gasteiger charge is -2.28. The largest absolute Gasteiger partial charge is 0.495 e. The van der Waals surface area contributed by atoms with E-state index in [1.165, 1.54) is 32.1 Å². The van der Waals surface area contributed by atoms with E-state index in [1.54, 1.807) is 7.11 Å². The quantitative estimate of drug-likeness (QED) is 0.791. The molecule has 1 aromatic rings. The Morgan fingerprint density at radius 3 is 2.53 bits per heavy atom. The van der Waals surface area contributed by atoms with Crippen LogP contribution in [0.2, 0.25) is 0 Å². The van der Waals surface area contributed by atoms with Crippen LogP contribution in [0.1, 0.15) is 39.0 Å². The van der Waals surface area contributed by atoms with Crippen molar-refractivity contribution in [1.82, 2.24) is 0 Å². The van der Waals surface area contributed by atoms with Gasteiger partial charge in [-0.2, -0.15) is 0 Å². The van der Waals surface area contributed by atoms with Crippen molar-refractivity contribution in [2.45, 2.75) is 39.0 Å². The van der Waals surface area contributed by atoms with Crippen molar-refractivity contribution in [3.8, 4) is 5.75 Å². The third-order valence-corrected chi connectivity index (χ3v) is 4.41. The molecule has 19 heavy (non-hydrogen) atoms. The first-order chi connectivity index (χ1) is 9.24. The van der Waals surface area contributed by atoms with Crippen molar-refractivity contribution in [2.75, 3.05) is 24.7 Å². The van der Waals surface area contributed by atoms with Gasteiger partial charge in [0.15, 0.2) is 0 Å². The molecule has 2 rings (SSSR count). The molecule has 1 fully saturated rings. The molecule has 0 aliphatic heterocycles. The van der Waals surface area contributed by atoms with Gasteiger partial charge < -0.3 is 15.8 Å². The van der Waals surface area contributed by atoms with E-state index < -0.39 is 0 Å². The number of nitrogens with one attached hydrogen (secondary N) is 1. The van der Waals surface area contributed by atoms with E-state index in [9.17, 15) is 0 Å². The number of benzene rings is 1. The first-order valence-corrected chi connectivity index (χ1v) is 7.41. The summed E-state index contributed by atoms with van der Waals surface area (Å²) in [6.07, 6.45) is 6.79. The molecule has 0 bridgehead atoms. The SMILES string of the molecule is CCC1CCC(CNc2cccc(OC)c2N)CC1. The van der Waals surface area contributed by atoms with Crippen LogP contribution >= 0.6 is 0 Å². The molecule has 3 nitrogen and oxygen atoms in total. The maximum Gasteiger partial charge on any atom is 0.143 e. The Morgan fingerprint density at radius 2 is 1.89 bits per heavy atom. The highest BCUT2D eigenvalue weighted by molar-refractivity contribution is 5.72. The molecule has 1 saturated carbocycles. The maximum atomic E-state index is 6.07. The normalized spacial score (nSPS) is 23.1. The van der Waals surface area contributed by atoms with E-state index >= 15 is 0 Å². The molecule has 1 aromatic carbocycles. The summed E-state index contributed by atoms with van der Waals surface area (Å²) >= 11 is 0. The lowest BCUT2D eigenvalue weighted by Crippen LogP contribution is -2.21. The van der Waals surface area contributed by atoms with Gasteiger partial charge in [0.1, 0.15) is 5.75 Å². The average molecular weight is 262 g/mol.